The van der Waals surface area contributed by atoms with Gasteiger partial charge in [-0.15, -0.1) is 0 Å². The van der Waals surface area contributed by atoms with E-state index in [1.165, 1.54) is 6.92 Å². The van der Waals surface area contributed by atoms with Gasteiger partial charge in [0.1, 0.15) is 11.6 Å². The second-order valence-electron chi connectivity index (χ2n) is 3.37. The van der Waals surface area contributed by atoms with Crippen LogP contribution in [0.2, 0.25) is 0 Å². The summed E-state index contributed by atoms with van der Waals surface area (Å²) in [7, 11) is 0. The minimum atomic E-state index is -0.0888. The molecule has 0 aliphatic rings. The maximum Gasteiger partial charge on any atom is 0.144 e. The molecular weight excluding hydrogens is 324 g/mol. The SMILES string of the molecule is CC(=O)CC(=O)Cc1cc(Br)cc(Br)c1. The summed E-state index contributed by atoms with van der Waals surface area (Å²) in [5, 5.41) is 0. The van der Waals surface area contributed by atoms with Gasteiger partial charge in [0.25, 0.3) is 0 Å². The summed E-state index contributed by atoms with van der Waals surface area (Å²) < 4.78 is 1.84. The van der Waals surface area contributed by atoms with Crippen molar-refractivity contribution in [2.24, 2.45) is 0 Å². The van der Waals surface area contributed by atoms with Crippen molar-refractivity contribution in [2.45, 2.75) is 19.8 Å². The molecule has 0 radical (unpaired) electrons. The van der Waals surface area contributed by atoms with Gasteiger partial charge in [0.2, 0.25) is 0 Å². The molecule has 0 atom stereocenters. The minimum absolute atomic E-state index is 0.0180. The average molecular weight is 334 g/mol. The molecule has 0 saturated heterocycles. The van der Waals surface area contributed by atoms with Crippen LogP contribution in [0.5, 0.6) is 0 Å². The fourth-order valence-corrected chi connectivity index (χ4v) is 2.67. The molecule has 80 valence electrons. The van der Waals surface area contributed by atoms with E-state index in [9.17, 15) is 9.59 Å². The Morgan fingerprint density at radius 3 is 2.13 bits per heavy atom. The first-order valence-electron chi connectivity index (χ1n) is 4.43. The monoisotopic (exact) mass is 332 g/mol. The van der Waals surface area contributed by atoms with E-state index in [2.05, 4.69) is 31.9 Å². The fourth-order valence-electron chi connectivity index (χ4n) is 1.28. The lowest BCUT2D eigenvalue weighted by Crippen LogP contribution is -2.07. The zero-order chi connectivity index (χ0) is 11.4. The number of Topliss-reactive ketones (excluding diaryl/α,β-unsaturated/α-hetero) is 2. The first-order valence-corrected chi connectivity index (χ1v) is 6.02. The van der Waals surface area contributed by atoms with Crippen molar-refractivity contribution >= 4 is 43.4 Å². The van der Waals surface area contributed by atoms with Crippen molar-refractivity contribution in [3.8, 4) is 0 Å². The molecule has 2 nitrogen and oxygen atoms in total. The van der Waals surface area contributed by atoms with Gasteiger partial charge in [-0.2, -0.15) is 0 Å². The quantitative estimate of drug-likeness (QED) is 0.792. The first-order chi connectivity index (χ1) is 6.97. The smallest absolute Gasteiger partial charge is 0.144 e. The van der Waals surface area contributed by atoms with Gasteiger partial charge in [-0.25, -0.2) is 0 Å². The topological polar surface area (TPSA) is 34.1 Å². The number of halogens is 2. The third kappa shape index (κ3) is 4.71. The number of ketones is 2. The van der Waals surface area contributed by atoms with Gasteiger partial charge >= 0.3 is 0 Å². The lowest BCUT2D eigenvalue weighted by molar-refractivity contribution is -0.125. The highest BCUT2D eigenvalue weighted by Gasteiger charge is 2.07. The van der Waals surface area contributed by atoms with E-state index in [0.29, 0.717) is 6.42 Å². The van der Waals surface area contributed by atoms with Gasteiger partial charge in [-0.3, -0.25) is 9.59 Å². The molecule has 1 aromatic carbocycles. The van der Waals surface area contributed by atoms with Crippen LogP contribution in [0, 0.1) is 0 Å². The Morgan fingerprint density at radius 1 is 1.13 bits per heavy atom. The van der Waals surface area contributed by atoms with Crippen LogP contribution < -0.4 is 0 Å². The highest BCUT2D eigenvalue weighted by Crippen LogP contribution is 2.20. The molecule has 0 bridgehead atoms. The van der Waals surface area contributed by atoms with Crippen molar-refractivity contribution in [3.05, 3.63) is 32.7 Å². The van der Waals surface area contributed by atoms with Gasteiger partial charge in [-0.05, 0) is 30.7 Å². The first kappa shape index (κ1) is 12.6. The van der Waals surface area contributed by atoms with Crippen molar-refractivity contribution in [1.82, 2.24) is 0 Å². The number of carbonyl (C=O) groups excluding carboxylic acids is 2. The van der Waals surface area contributed by atoms with Gasteiger partial charge in [0, 0.05) is 15.4 Å². The van der Waals surface area contributed by atoms with Crippen LogP contribution in [-0.2, 0) is 16.0 Å². The molecule has 1 aromatic rings. The van der Waals surface area contributed by atoms with Crippen molar-refractivity contribution in [3.63, 3.8) is 0 Å². The number of rotatable bonds is 4. The summed E-state index contributed by atoms with van der Waals surface area (Å²) in [6.45, 7) is 1.43. The molecule has 0 aliphatic carbocycles. The Morgan fingerprint density at radius 2 is 1.67 bits per heavy atom. The Hall–Kier alpha value is -0.480. The summed E-state index contributed by atoms with van der Waals surface area (Å²) >= 11 is 6.69. The fraction of sp³-hybridized carbons (Fsp3) is 0.273. The number of carbonyl (C=O) groups is 2. The van der Waals surface area contributed by atoms with Gasteiger partial charge < -0.3 is 0 Å². The molecule has 0 saturated carbocycles. The summed E-state index contributed by atoms with van der Waals surface area (Å²) in [4.78, 5) is 22.1. The van der Waals surface area contributed by atoms with Crippen molar-refractivity contribution in [2.75, 3.05) is 0 Å². The molecule has 0 fully saturated rings. The van der Waals surface area contributed by atoms with Gasteiger partial charge in [-0.1, -0.05) is 31.9 Å². The summed E-state index contributed by atoms with van der Waals surface area (Å²) in [5.41, 5.74) is 0.905. The molecule has 0 unspecified atom stereocenters. The van der Waals surface area contributed by atoms with Crippen LogP contribution in [0.1, 0.15) is 18.9 Å². The Kier molecular flexibility index (Phi) is 4.67. The number of hydrogen-bond donors (Lipinski definition) is 0. The Balaban J connectivity index is 2.72. The van der Waals surface area contributed by atoms with E-state index >= 15 is 0 Å². The van der Waals surface area contributed by atoms with E-state index in [4.69, 9.17) is 0 Å². The van der Waals surface area contributed by atoms with E-state index in [-0.39, 0.29) is 18.0 Å². The maximum absolute atomic E-state index is 11.4. The van der Waals surface area contributed by atoms with Crippen molar-refractivity contribution < 1.29 is 9.59 Å². The van der Waals surface area contributed by atoms with Crippen molar-refractivity contribution in [1.29, 1.82) is 0 Å². The standard InChI is InChI=1S/C11H10Br2O2/c1-7(14)2-11(15)5-8-3-9(12)6-10(13)4-8/h3-4,6H,2,5H2,1H3. The van der Waals surface area contributed by atoms with Crippen LogP contribution in [0.4, 0.5) is 0 Å². The number of hydrogen-bond acceptors (Lipinski definition) is 2. The number of benzene rings is 1. The summed E-state index contributed by atoms with van der Waals surface area (Å²) in [6, 6.07) is 5.66. The van der Waals surface area contributed by atoms with E-state index in [1.807, 2.05) is 18.2 Å². The van der Waals surface area contributed by atoms with Crippen LogP contribution in [0.15, 0.2) is 27.1 Å². The molecule has 15 heavy (non-hydrogen) atoms. The molecule has 0 N–H and O–H groups in total. The van der Waals surface area contributed by atoms with Gasteiger partial charge in [0.05, 0.1) is 6.42 Å². The molecular formula is C11H10Br2O2. The largest absolute Gasteiger partial charge is 0.300 e. The highest BCUT2D eigenvalue weighted by atomic mass is 79.9. The van der Waals surface area contributed by atoms with Crippen LogP contribution >= 0.6 is 31.9 Å². The lowest BCUT2D eigenvalue weighted by atomic mass is 10.1. The third-order valence-corrected chi connectivity index (χ3v) is 2.69. The second-order valence-corrected chi connectivity index (χ2v) is 5.20. The van der Waals surface area contributed by atoms with Crippen LogP contribution in [0.25, 0.3) is 0 Å². The second kappa shape index (κ2) is 5.56. The van der Waals surface area contributed by atoms with Crippen LogP contribution in [0.3, 0.4) is 0 Å². The predicted octanol–water partition coefficient (Wildman–Crippen LogP) is 3.30. The Bertz CT molecular complexity index is 379. The molecule has 1 rings (SSSR count). The molecule has 0 spiro atoms. The molecule has 4 heteroatoms. The highest BCUT2D eigenvalue weighted by molar-refractivity contribution is 9.11. The maximum atomic E-state index is 11.4. The van der Waals surface area contributed by atoms with E-state index in [0.717, 1.165) is 14.5 Å². The van der Waals surface area contributed by atoms with Crippen LogP contribution in [-0.4, -0.2) is 11.6 Å². The lowest BCUT2D eigenvalue weighted by Gasteiger charge is -2.02. The average Bonchev–Trinajstić information content (AvgIpc) is 1.98. The molecule has 0 aromatic heterocycles. The third-order valence-electron chi connectivity index (χ3n) is 1.77. The molecule has 0 heterocycles. The Labute approximate surface area is 105 Å². The van der Waals surface area contributed by atoms with Gasteiger partial charge in [0.15, 0.2) is 0 Å². The normalized spacial score (nSPS) is 10.1. The van der Waals surface area contributed by atoms with E-state index in [1.54, 1.807) is 0 Å². The minimum Gasteiger partial charge on any atom is -0.300 e. The summed E-state index contributed by atoms with van der Waals surface area (Å²) in [6.07, 6.45) is 0.321. The van der Waals surface area contributed by atoms with E-state index < -0.39 is 0 Å². The molecule has 0 amide bonds. The predicted molar refractivity (Wildman–Crippen MR) is 65.9 cm³/mol. The molecule has 0 aliphatic heterocycles. The zero-order valence-electron chi connectivity index (χ0n) is 8.22. The summed E-state index contributed by atoms with van der Waals surface area (Å²) in [5.74, 6) is -0.137. The zero-order valence-corrected chi connectivity index (χ0v) is 11.4.